The first-order valence-electron chi connectivity index (χ1n) is 5.37. The molecule has 78 valence electrons. The van der Waals surface area contributed by atoms with Crippen LogP contribution in [-0.4, -0.2) is 0 Å². The Morgan fingerprint density at radius 1 is 0.933 bits per heavy atom. The highest BCUT2D eigenvalue weighted by atomic mass is 32.1. The topological polar surface area (TPSA) is 0 Å². The Hall–Kier alpha value is -1.08. The highest BCUT2D eigenvalue weighted by Crippen LogP contribution is 2.34. The molecule has 0 aliphatic heterocycles. The number of hydrogen-bond acceptors (Lipinski definition) is 1. The lowest BCUT2D eigenvalue weighted by Gasteiger charge is -2.19. The zero-order chi connectivity index (χ0) is 10.7. The van der Waals surface area contributed by atoms with Gasteiger partial charge in [0.2, 0.25) is 0 Å². The van der Waals surface area contributed by atoms with Crippen LogP contribution < -0.4 is 0 Å². The summed E-state index contributed by atoms with van der Waals surface area (Å²) >= 11 is 1.85. The lowest BCUT2D eigenvalue weighted by Crippen LogP contribution is -2.06. The molecule has 0 saturated carbocycles. The lowest BCUT2D eigenvalue weighted by molar-refractivity contribution is 0.571. The van der Waals surface area contributed by atoms with Crippen LogP contribution in [-0.2, 0) is 0 Å². The van der Waals surface area contributed by atoms with E-state index in [-0.39, 0.29) is 0 Å². The Bertz CT molecular complexity index is 387. The molecule has 0 aliphatic carbocycles. The third-order valence-corrected chi connectivity index (χ3v) is 3.63. The first-order valence-corrected chi connectivity index (χ1v) is 6.25. The maximum Gasteiger partial charge on any atom is 0.0206 e. The molecule has 0 aliphatic rings. The molecule has 0 N–H and O–H groups in total. The van der Waals surface area contributed by atoms with Crippen molar-refractivity contribution >= 4 is 11.3 Å². The second-order valence-electron chi connectivity index (χ2n) is 4.15. The second kappa shape index (κ2) is 4.63. The summed E-state index contributed by atoms with van der Waals surface area (Å²) in [5.74, 6) is 1.19. The van der Waals surface area contributed by atoms with Crippen LogP contribution in [0.4, 0.5) is 0 Å². The van der Waals surface area contributed by atoms with E-state index in [0.717, 1.165) is 0 Å². The largest absolute Gasteiger partial charge is 0.148 e. The van der Waals surface area contributed by atoms with Crippen molar-refractivity contribution in [1.29, 1.82) is 0 Å². The van der Waals surface area contributed by atoms with Gasteiger partial charge in [0.1, 0.15) is 0 Å². The Morgan fingerprint density at radius 3 is 2.20 bits per heavy atom. The molecule has 0 nitrogen and oxygen atoms in total. The molecule has 1 aromatic heterocycles. The maximum absolute atomic E-state index is 2.29. The van der Waals surface area contributed by atoms with Crippen LogP contribution in [0.15, 0.2) is 47.8 Å². The van der Waals surface area contributed by atoms with Crippen molar-refractivity contribution in [3.8, 4) is 0 Å². The van der Waals surface area contributed by atoms with Gasteiger partial charge in [-0.05, 0) is 22.9 Å². The Kier molecular flexibility index (Phi) is 3.22. The predicted octanol–water partition coefficient (Wildman–Crippen LogP) is 4.54. The molecule has 2 rings (SSSR count). The van der Waals surface area contributed by atoms with Crippen LogP contribution in [0.1, 0.15) is 30.2 Å². The van der Waals surface area contributed by atoms with Crippen molar-refractivity contribution in [2.45, 2.75) is 19.8 Å². The summed E-state index contributed by atoms with van der Waals surface area (Å²) in [6.07, 6.45) is 0. The second-order valence-corrected chi connectivity index (χ2v) is 5.13. The third kappa shape index (κ3) is 2.29. The summed E-state index contributed by atoms with van der Waals surface area (Å²) in [6.45, 7) is 4.58. The summed E-state index contributed by atoms with van der Waals surface area (Å²) < 4.78 is 0. The van der Waals surface area contributed by atoms with E-state index in [1.165, 1.54) is 10.4 Å². The Labute approximate surface area is 95.6 Å². The first kappa shape index (κ1) is 10.4. The molecule has 1 heterocycles. The molecular formula is C14H16S. The van der Waals surface area contributed by atoms with Gasteiger partial charge in [0.05, 0.1) is 0 Å². The molecule has 0 radical (unpaired) electrons. The quantitative estimate of drug-likeness (QED) is 0.707. The van der Waals surface area contributed by atoms with Crippen LogP contribution in [0.5, 0.6) is 0 Å². The van der Waals surface area contributed by atoms with E-state index in [4.69, 9.17) is 0 Å². The normalized spacial score (nSPS) is 13.0. The standard InChI is InChI=1S/C14H16S/c1-11(2)14(13-9-6-10-15-13)12-7-4-3-5-8-12/h3-11,14H,1-2H3. The molecule has 0 saturated heterocycles. The van der Waals surface area contributed by atoms with Crippen LogP contribution in [0.25, 0.3) is 0 Å². The van der Waals surface area contributed by atoms with Crippen LogP contribution in [0.3, 0.4) is 0 Å². The number of rotatable bonds is 3. The SMILES string of the molecule is CC(C)C(c1ccccc1)c1cccs1. The van der Waals surface area contributed by atoms with Crippen molar-refractivity contribution in [2.75, 3.05) is 0 Å². The monoisotopic (exact) mass is 216 g/mol. The van der Waals surface area contributed by atoms with Gasteiger partial charge < -0.3 is 0 Å². The van der Waals surface area contributed by atoms with Gasteiger partial charge in [-0.2, -0.15) is 0 Å². The molecule has 0 spiro atoms. The highest BCUT2D eigenvalue weighted by Gasteiger charge is 2.18. The van der Waals surface area contributed by atoms with Crippen LogP contribution >= 0.6 is 11.3 Å². The number of benzene rings is 1. The van der Waals surface area contributed by atoms with Crippen molar-refractivity contribution in [1.82, 2.24) is 0 Å². The van der Waals surface area contributed by atoms with Gasteiger partial charge in [-0.1, -0.05) is 50.2 Å². The van der Waals surface area contributed by atoms with Crippen molar-refractivity contribution < 1.29 is 0 Å². The third-order valence-electron chi connectivity index (χ3n) is 2.68. The molecule has 1 heteroatoms. The molecule has 0 bridgehead atoms. The minimum atomic E-state index is 0.547. The minimum Gasteiger partial charge on any atom is -0.148 e. The zero-order valence-electron chi connectivity index (χ0n) is 9.18. The summed E-state index contributed by atoms with van der Waals surface area (Å²) in [5, 5.41) is 2.16. The zero-order valence-corrected chi connectivity index (χ0v) is 10.00. The average molecular weight is 216 g/mol. The van der Waals surface area contributed by atoms with Gasteiger partial charge in [-0.25, -0.2) is 0 Å². The first-order chi connectivity index (χ1) is 7.29. The van der Waals surface area contributed by atoms with Crippen LogP contribution in [0, 0.1) is 5.92 Å². The molecule has 2 aromatic rings. The summed E-state index contributed by atoms with van der Waals surface area (Å²) in [7, 11) is 0. The van der Waals surface area contributed by atoms with E-state index < -0.39 is 0 Å². The van der Waals surface area contributed by atoms with Gasteiger partial charge >= 0.3 is 0 Å². The molecular weight excluding hydrogens is 200 g/mol. The molecule has 1 atom stereocenters. The number of thiophene rings is 1. The molecule has 1 aromatic carbocycles. The van der Waals surface area contributed by atoms with Gasteiger partial charge in [0.15, 0.2) is 0 Å². The highest BCUT2D eigenvalue weighted by molar-refractivity contribution is 7.10. The fraction of sp³-hybridized carbons (Fsp3) is 0.286. The Morgan fingerprint density at radius 2 is 1.67 bits per heavy atom. The van der Waals surface area contributed by atoms with Gasteiger partial charge in [0, 0.05) is 10.8 Å². The van der Waals surface area contributed by atoms with E-state index >= 15 is 0 Å². The van der Waals surface area contributed by atoms with E-state index in [0.29, 0.717) is 11.8 Å². The van der Waals surface area contributed by atoms with E-state index in [1.807, 2.05) is 11.3 Å². The number of hydrogen-bond donors (Lipinski definition) is 0. The minimum absolute atomic E-state index is 0.547. The van der Waals surface area contributed by atoms with Gasteiger partial charge in [0.25, 0.3) is 0 Å². The molecule has 1 unspecified atom stereocenters. The van der Waals surface area contributed by atoms with Gasteiger partial charge in [-0.3, -0.25) is 0 Å². The van der Waals surface area contributed by atoms with Crippen molar-refractivity contribution in [3.63, 3.8) is 0 Å². The summed E-state index contributed by atoms with van der Waals surface area (Å²) in [4.78, 5) is 1.47. The maximum atomic E-state index is 2.29. The predicted molar refractivity (Wildman–Crippen MR) is 67.4 cm³/mol. The lowest BCUT2D eigenvalue weighted by atomic mass is 9.87. The van der Waals surface area contributed by atoms with Crippen molar-refractivity contribution in [2.24, 2.45) is 5.92 Å². The molecule has 0 amide bonds. The van der Waals surface area contributed by atoms with Gasteiger partial charge in [-0.15, -0.1) is 11.3 Å². The average Bonchev–Trinajstić information content (AvgIpc) is 2.72. The fourth-order valence-electron chi connectivity index (χ4n) is 2.01. The van der Waals surface area contributed by atoms with Crippen LogP contribution in [0.2, 0.25) is 0 Å². The van der Waals surface area contributed by atoms with E-state index in [1.54, 1.807) is 0 Å². The smallest absolute Gasteiger partial charge is 0.0206 e. The van der Waals surface area contributed by atoms with Crippen molar-refractivity contribution in [3.05, 3.63) is 58.3 Å². The molecule has 15 heavy (non-hydrogen) atoms. The summed E-state index contributed by atoms with van der Waals surface area (Å²) in [6, 6.07) is 15.2. The van der Waals surface area contributed by atoms with E-state index in [2.05, 4.69) is 61.7 Å². The summed E-state index contributed by atoms with van der Waals surface area (Å²) in [5.41, 5.74) is 1.43. The Balaban J connectivity index is 2.37. The van der Waals surface area contributed by atoms with E-state index in [9.17, 15) is 0 Å². The molecule has 0 fully saturated rings. The fourth-order valence-corrected chi connectivity index (χ4v) is 3.03.